The topological polar surface area (TPSA) is 45.7 Å². The molecule has 3 fully saturated rings. The molecule has 0 aliphatic carbocycles. The van der Waals surface area contributed by atoms with E-state index in [1.54, 1.807) is 0 Å². The fourth-order valence-corrected chi connectivity index (χ4v) is 3.82. The van der Waals surface area contributed by atoms with Gasteiger partial charge in [0.2, 0.25) is 5.91 Å². The first-order valence-corrected chi connectivity index (χ1v) is 8.33. The molecule has 3 aliphatic rings. The van der Waals surface area contributed by atoms with Gasteiger partial charge in [-0.2, -0.15) is 0 Å². The number of hydrogen-bond donors (Lipinski definition) is 0. The van der Waals surface area contributed by atoms with Crippen LogP contribution in [0.5, 0.6) is 0 Å². The maximum Gasteiger partial charge on any atom is 0.225 e. The van der Waals surface area contributed by atoms with Crippen LogP contribution in [0, 0.1) is 5.92 Å². The Balaban J connectivity index is 1.26. The molecule has 3 atom stereocenters. The monoisotopic (exact) mass is 301 g/mol. The highest BCUT2D eigenvalue weighted by atomic mass is 16.5. The first kappa shape index (κ1) is 14.2. The lowest BCUT2D eigenvalue weighted by Crippen LogP contribution is -2.43. The maximum atomic E-state index is 12.0. The van der Waals surface area contributed by atoms with E-state index in [-0.39, 0.29) is 12.0 Å². The van der Waals surface area contributed by atoms with Crippen LogP contribution in [0.3, 0.4) is 0 Å². The van der Waals surface area contributed by atoms with Gasteiger partial charge in [-0.3, -0.25) is 14.7 Å². The Morgan fingerprint density at radius 2 is 2.23 bits per heavy atom. The van der Waals surface area contributed by atoms with Crippen LogP contribution in [0.4, 0.5) is 0 Å². The normalized spacial score (nSPS) is 31.1. The number of fused-ring (bicyclic) bond motifs is 1. The number of pyridine rings is 1. The molecule has 0 bridgehead atoms. The minimum absolute atomic E-state index is 0.139. The first-order chi connectivity index (χ1) is 10.8. The molecule has 4 heterocycles. The van der Waals surface area contributed by atoms with Gasteiger partial charge in [0, 0.05) is 44.8 Å². The summed E-state index contributed by atoms with van der Waals surface area (Å²) in [7, 11) is 0. The van der Waals surface area contributed by atoms with Gasteiger partial charge < -0.3 is 9.64 Å². The third-order valence-corrected chi connectivity index (χ3v) is 5.11. The highest BCUT2D eigenvalue weighted by molar-refractivity contribution is 5.77. The predicted octanol–water partition coefficient (Wildman–Crippen LogP) is 1.29. The highest BCUT2D eigenvalue weighted by Crippen LogP contribution is 2.35. The number of carbonyl (C=O) groups is 1. The number of nitrogens with zero attached hydrogens (tertiary/aromatic N) is 3. The van der Waals surface area contributed by atoms with Gasteiger partial charge in [0.1, 0.15) is 0 Å². The molecule has 0 radical (unpaired) electrons. The van der Waals surface area contributed by atoms with Crippen molar-refractivity contribution in [1.29, 1.82) is 0 Å². The lowest BCUT2D eigenvalue weighted by molar-refractivity contribution is -0.137. The van der Waals surface area contributed by atoms with E-state index in [0.717, 1.165) is 51.3 Å². The SMILES string of the molecule is O=C(C[C@H]1C[C@H]2CN(Cc3ccccn3)C[C@H]2O1)N1CCC1. The van der Waals surface area contributed by atoms with Crippen molar-refractivity contribution in [3.8, 4) is 0 Å². The molecule has 5 nitrogen and oxygen atoms in total. The van der Waals surface area contributed by atoms with Gasteiger partial charge >= 0.3 is 0 Å². The number of hydrogen-bond acceptors (Lipinski definition) is 4. The largest absolute Gasteiger partial charge is 0.373 e. The average Bonchev–Trinajstić information content (AvgIpc) is 2.95. The Kier molecular flexibility index (Phi) is 3.84. The highest BCUT2D eigenvalue weighted by Gasteiger charge is 2.42. The van der Waals surface area contributed by atoms with E-state index < -0.39 is 0 Å². The zero-order valence-corrected chi connectivity index (χ0v) is 12.9. The predicted molar refractivity (Wildman–Crippen MR) is 82.1 cm³/mol. The van der Waals surface area contributed by atoms with Crippen molar-refractivity contribution in [2.24, 2.45) is 5.92 Å². The molecule has 0 spiro atoms. The third kappa shape index (κ3) is 2.88. The molecule has 1 aromatic rings. The maximum absolute atomic E-state index is 12.0. The second-order valence-corrected chi connectivity index (χ2v) is 6.75. The second kappa shape index (κ2) is 5.97. The van der Waals surface area contributed by atoms with Crippen molar-refractivity contribution in [1.82, 2.24) is 14.8 Å². The molecular formula is C17H23N3O2. The Morgan fingerprint density at radius 3 is 2.91 bits per heavy atom. The van der Waals surface area contributed by atoms with E-state index in [4.69, 9.17) is 4.74 Å². The molecule has 0 saturated carbocycles. The Hall–Kier alpha value is -1.46. The molecule has 118 valence electrons. The molecular weight excluding hydrogens is 278 g/mol. The molecule has 0 unspecified atom stereocenters. The minimum Gasteiger partial charge on any atom is -0.373 e. The summed E-state index contributed by atoms with van der Waals surface area (Å²) >= 11 is 0. The van der Waals surface area contributed by atoms with E-state index in [1.165, 1.54) is 0 Å². The molecule has 22 heavy (non-hydrogen) atoms. The van der Waals surface area contributed by atoms with Crippen molar-refractivity contribution >= 4 is 5.91 Å². The minimum atomic E-state index is 0.139. The van der Waals surface area contributed by atoms with Gasteiger partial charge in [-0.1, -0.05) is 6.07 Å². The summed E-state index contributed by atoms with van der Waals surface area (Å²) in [6, 6.07) is 6.06. The summed E-state index contributed by atoms with van der Waals surface area (Å²) in [4.78, 5) is 20.8. The van der Waals surface area contributed by atoms with E-state index in [1.807, 2.05) is 23.2 Å². The standard InChI is InChI=1S/C17H23N3O2/c21-17(20-6-3-7-20)9-15-8-13-10-19(12-16(13)22-15)11-14-4-1-2-5-18-14/h1-2,4-5,13,15-16H,3,6-12H2/t13-,15+,16+/m0/s1. The van der Waals surface area contributed by atoms with Crippen LogP contribution in [-0.2, 0) is 16.1 Å². The number of amides is 1. The van der Waals surface area contributed by atoms with Crippen LogP contribution in [0.15, 0.2) is 24.4 Å². The lowest BCUT2D eigenvalue weighted by atomic mass is 10.0. The number of aromatic nitrogens is 1. The number of ether oxygens (including phenoxy) is 1. The molecule has 1 aromatic heterocycles. The smallest absolute Gasteiger partial charge is 0.225 e. The summed E-state index contributed by atoms with van der Waals surface area (Å²) in [5.41, 5.74) is 1.12. The van der Waals surface area contributed by atoms with E-state index in [2.05, 4.69) is 16.0 Å². The summed E-state index contributed by atoms with van der Waals surface area (Å²) < 4.78 is 6.13. The van der Waals surface area contributed by atoms with Gasteiger partial charge in [0.25, 0.3) is 0 Å². The zero-order valence-electron chi connectivity index (χ0n) is 12.9. The second-order valence-electron chi connectivity index (χ2n) is 6.75. The third-order valence-electron chi connectivity index (χ3n) is 5.11. The van der Waals surface area contributed by atoms with Crippen LogP contribution >= 0.6 is 0 Å². The van der Waals surface area contributed by atoms with E-state index >= 15 is 0 Å². The van der Waals surface area contributed by atoms with Crippen molar-refractivity contribution in [2.75, 3.05) is 26.2 Å². The van der Waals surface area contributed by atoms with Crippen molar-refractivity contribution in [3.63, 3.8) is 0 Å². The van der Waals surface area contributed by atoms with Gasteiger partial charge in [-0.25, -0.2) is 0 Å². The summed E-state index contributed by atoms with van der Waals surface area (Å²) in [6.07, 6.45) is 5.06. The van der Waals surface area contributed by atoms with Gasteiger partial charge in [0.05, 0.1) is 24.3 Å². The summed E-state index contributed by atoms with van der Waals surface area (Å²) in [5.74, 6) is 0.861. The van der Waals surface area contributed by atoms with E-state index in [0.29, 0.717) is 18.4 Å². The van der Waals surface area contributed by atoms with E-state index in [9.17, 15) is 4.79 Å². The number of rotatable bonds is 4. The molecule has 1 amide bonds. The molecule has 0 aromatic carbocycles. The molecule has 0 N–H and O–H groups in total. The van der Waals surface area contributed by atoms with Gasteiger partial charge in [0.15, 0.2) is 0 Å². The fourth-order valence-electron chi connectivity index (χ4n) is 3.82. The van der Waals surface area contributed by atoms with Crippen LogP contribution in [0.25, 0.3) is 0 Å². The van der Waals surface area contributed by atoms with Gasteiger partial charge in [-0.15, -0.1) is 0 Å². The van der Waals surface area contributed by atoms with Crippen molar-refractivity contribution in [3.05, 3.63) is 30.1 Å². The summed E-state index contributed by atoms with van der Waals surface area (Å²) in [6.45, 7) is 4.81. The summed E-state index contributed by atoms with van der Waals surface area (Å²) in [5, 5.41) is 0. The lowest BCUT2D eigenvalue weighted by Gasteiger charge is -2.31. The number of carbonyl (C=O) groups excluding carboxylic acids is 1. The zero-order chi connectivity index (χ0) is 14.9. The van der Waals surface area contributed by atoms with Crippen LogP contribution in [0.2, 0.25) is 0 Å². The first-order valence-electron chi connectivity index (χ1n) is 8.33. The average molecular weight is 301 g/mol. The molecule has 4 rings (SSSR count). The Labute approximate surface area is 131 Å². The number of likely N-dealkylation sites (tertiary alicyclic amines) is 2. The quantitative estimate of drug-likeness (QED) is 0.841. The van der Waals surface area contributed by atoms with Crippen LogP contribution < -0.4 is 0 Å². The van der Waals surface area contributed by atoms with Crippen LogP contribution in [0.1, 0.15) is 25.0 Å². The van der Waals surface area contributed by atoms with Crippen molar-refractivity contribution < 1.29 is 9.53 Å². The van der Waals surface area contributed by atoms with Gasteiger partial charge in [-0.05, 0) is 25.0 Å². The molecule has 5 heteroatoms. The fraction of sp³-hybridized carbons (Fsp3) is 0.647. The molecule has 3 saturated heterocycles. The van der Waals surface area contributed by atoms with Crippen LogP contribution in [-0.4, -0.2) is 59.1 Å². The Morgan fingerprint density at radius 1 is 1.32 bits per heavy atom. The van der Waals surface area contributed by atoms with Crippen molar-refractivity contribution in [2.45, 2.75) is 38.0 Å². The molecule has 3 aliphatic heterocycles. The Bertz CT molecular complexity index is 518.